The zero-order chi connectivity index (χ0) is 12.3. The maximum atomic E-state index is 9.16. The van der Waals surface area contributed by atoms with Gasteiger partial charge >= 0.3 is 0 Å². The largest absolute Gasteiger partial charge is 0.409 e. The summed E-state index contributed by atoms with van der Waals surface area (Å²) in [4.78, 5) is 2.04. The van der Waals surface area contributed by atoms with E-state index in [-0.39, 0.29) is 30.2 Å². The molecule has 0 bridgehead atoms. The number of nitrogens with two attached hydrogens (primary N) is 1. The number of morpholine rings is 1. The first-order valence-corrected chi connectivity index (χ1v) is 5.40. The van der Waals surface area contributed by atoms with Crippen LogP contribution in [0, 0.1) is 0 Å². The van der Waals surface area contributed by atoms with E-state index in [1.54, 1.807) is 0 Å². The van der Waals surface area contributed by atoms with Crippen LogP contribution in [0.25, 0.3) is 0 Å². The van der Waals surface area contributed by atoms with Crippen molar-refractivity contribution in [2.45, 2.75) is 38.5 Å². The van der Waals surface area contributed by atoms with Crippen molar-refractivity contribution in [3.63, 3.8) is 0 Å². The van der Waals surface area contributed by atoms with Crippen LogP contribution < -0.4 is 5.73 Å². The lowest BCUT2D eigenvalue weighted by molar-refractivity contribution is -0.151. The predicted octanol–water partition coefficient (Wildman–Crippen LogP) is -0.407. The molecule has 0 aliphatic carbocycles. The number of aliphatic hydroxyl groups excluding tert-OH is 1. The predicted molar refractivity (Wildman–Crippen MR) is 60.5 cm³/mol. The lowest BCUT2D eigenvalue weighted by atomic mass is 10.0. The monoisotopic (exact) mass is 231 g/mol. The van der Waals surface area contributed by atoms with E-state index in [2.05, 4.69) is 5.16 Å². The molecule has 1 saturated heterocycles. The third-order valence-electron chi connectivity index (χ3n) is 2.80. The number of nitrogens with zero attached hydrogens (tertiary/aromatic N) is 2. The number of hydrogen-bond donors (Lipinski definition) is 3. The van der Waals surface area contributed by atoms with Crippen LogP contribution in [0.1, 0.15) is 20.8 Å². The topological polar surface area (TPSA) is 91.3 Å². The van der Waals surface area contributed by atoms with Crippen LogP contribution in [-0.2, 0) is 4.74 Å². The van der Waals surface area contributed by atoms with Gasteiger partial charge in [-0.05, 0) is 20.8 Å². The number of amidine groups is 1. The van der Waals surface area contributed by atoms with Gasteiger partial charge in [0.15, 0.2) is 5.84 Å². The number of aliphatic hydroxyl groups is 1. The number of rotatable bonds is 3. The smallest absolute Gasteiger partial charge is 0.156 e. The van der Waals surface area contributed by atoms with Gasteiger partial charge < -0.3 is 20.8 Å². The summed E-state index contributed by atoms with van der Waals surface area (Å²) in [6.45, 7) is 7.02. The molecular formula is C10H21N3O3. The normalized spacial score (nSPS) is 29.0. The van der Waals surface area contributed by atoms with Gasteiger partial charge in [0.25, 0.3) is 0 Å². The Balaban J connectivity index is 2.73. The first kappa shape index (κ1) is 13.2. The molecule has 0 aromatic heterocycles. The van der Waals surface area contributed by atoms with Crippen LogP contribution >= 0.6 is 0 Å². The van der Waals surface area contributed by atoms with Gasteiger partial charge in [-0.25, -0.2) is 0 Å². The molecular weight excluding hydrogens is 210 g/mol. The highest BCUT2D eigenvalue weighted by Crippen LogP contribution is 2.22. The number of ether oxygens (including phenoxy) is 1. The van der Waals surface area contributed by atoms with Gasteiger partial charge in [0, 0.05) is 13.1 Å². The minimum atomic E-state index is -0.338. The maximum absolute atomic E-state index is 9.16. The molecule has 0 spiro atoms. The molecule has 0 amide bonds. The average molecular weight is 231 g/mol. The number of hydrogen-bond acceptors (Lipinski definition) is 5. The third kappa shape index (κ3) is 3.07. The van der Waals surface area contributed by atoms with Gasteiger partial charge in [0.2, 0.25) is 0 Å². The Morgan fingerprint density at radius 1 is 1.69 bits per heavy atom. The summed E-state index contributed by atoms with van der Waals surface area (Å²) in [5, 5.41) is 20.8. The molecule has 0 aromatic rings. The first-order chi connectivity index (χ1) is 7.39. The molecule has 1 fully saturated rings. The van der Waals surface area contributed by atoms with Crippen molar-refractivity contribution in [1.29, 1.82) is 0 Å². The van der Waals surface area contributed by atoms with E-state index in [4.69, 9.17) is 20.8 Å². The molecule has 2 atom stereocenters. The molecule has 94 valence electrons. The molecule has 0 radical (unpaired) electrons. The van der Waals surface area contributed by atoms with Gasteiger partial charge in [0.05, 0.1) is 24.4 Å². The Morgan fingerprint density at radius 3 is 2.81 bits per heavy atom. The third-order valence-corrected chi connectivity index (χ3v) is 2.80. The SMILES string of the molecule is CC(C(N)=NO)N1CC(CO)OC(C)(C)C1. The minimum absolute atomic E-state index is 0.0250. The number of oxime groups is 1. The summed E-state index contributed by atoms with van der Waals surface area (Å²) >= 11 is 0. The molecule has 16 heavy (non-hydrogen) atoms. The first-order valence-electron chi connectivity index (χ1n) is 5.40. The quantitative estimate of drug-likeness (QED) is 0.266. The van der Waals surface area contributed by atoms with Gasteiger partial charge in [-0.1, -0.05) is 5.16 Å². The van der Waals surface area contributed by atoms with Crippen molar-refractivity contribution >= 4 is 5.84 Å². The summed E-state index contributed by atoms with van der Waals surface area (Å²) in [6.07, 6.45) is -0.224. The second-order valence-electron chi connectivity index (χ2n) is 4.81. The highest BCUT2D eigenvalue weighted by molar-refractivity contribution is 5.84. The van der Waals surface area contributed by atoms with E-state index in [1.165, 1.54) is 0 Å². The molecule has 1 heterocycles. The van der Waals surface area contributed by atoms with E-state index < -0.39 is 0 Å². The van der Waals surface area contributed by atoms with Crippen molar-refractivity contribution in [2.75, 3.05) is 19.7 Å². The highest BCUT2D eigenvalue weighted by Gasteiger charge is 2.35. The minimum Gasteiger partial charge on any atom is -0.409 e. The van der Waals surface area contributed by atoms with Crippen molar-refractivity contribution in [3.05, 3.63) is 0 Å². The fraction of sp³-hybridized carbons (Fsp3) is 0.900. The van der Waals surface area contributed by atoms with Crippen molar-refractivity contribution in [1.82, 2.24) is 4.90 Å². The van der Waals surface area contributed by atoms with Gasteiger partial charge in [-0.3, -0.25) is 4.90 Å². The van der Waals surface area contributed by atoms with Crippen molar-refractivity contribution in [3.8, 4) is 0 Å². The lowest BCUT2D eigenvalue weighted by Gasteiger charge is -2.44. The molecule has 1 rings (SSSR count). The van der Waals surface area contributed by atoms with Crippen LogP contribution in [-0.4, -0.2) is 58.5 Å². The average Bonchev–Trinajstić information content (AvgIpc) is 2.24. The van der Waals surface area contributed by atoms with E-state index in [0.29, 0.717) is 13.1 Å². The van der Waals surface area contributed by atoms with Crippen LogP contribution in [0.2, 0.25) is 0 Å². The van der Waals surface area contributed by atoms with E-state index in [9.17, 15) is 0 Å². The Morgan fingerprint density at radius 2 is 2.31 bits per heavy atom. The van der Waals surface area contributed by atoms with Gasteiger partial charge in [0.1, 0.15) is 0 Å². The summed E-state index contributed by atoms with van der Waals surface area (Å²) < 4.78 is 5.68. The van der Waals surface area contributed by atoms with Gasteiger partial charge in [-0.15, -0.1) is 0 Å². The molecule has 1 aliphatic heterocycles. The second-order valence-corrected chi connectivity index (χ2v) is 4.81. The van der Waals surface area contributed by atoms with Crippen molar-refractivity contribution < 1.29 is 15.1 Å². The standard InChI is InChI=1S/C10H21N3O3/c1-7(9(11)12-15)13-4-8(5-14)16-10(2,3)6-13/h7-8,14-15H,4-6H2,1-3H3,(H2,11,12). The molecule has 0 saturated carbocycles. The maximum Gasteiger partial charge on any atom is 0.156 e. The van der Waals surface area contributed by atoms with Crippen LogP contribution in [0.3, 0.4) is 0 Å². The summed E-state index contributed by atoms with van der Waals surface area (Å²) in [6, 6.07) is -0.165. The molecule has 4 N–H and O–H groups in total. The Bertz CT molecular complexity index is 268. The summed E-state index contributed by atoms with van der Waals surface area (Å²) in [5.41, 5.74) is 5.24. The Labute approximate surface area is 95.7 Å². The molecule has 0 aromatic carbocycles. The van der Waals surface area contributed by atoms with E-state index in [0.717, 1.165) is 0 Å². The fourth-order valence-corrected chi connectivity index (χ4v) is 2.00. The Hall–Kier alpha value is -0.850. The molecule has 1 aliphatic rings. The van der Waals surface area contributed by atoms with Gasteiger partial charge in [-0.2, -0.15) is 0 Å². The van der Waals surface area contributed by atoms with Crippen molar-refractivity contribution in [2.24, 2.45) is 10.9 Å². The summed E-state index contributed by atoms with van der Waals surface area (Å²) in [5.74, 6) is 0.175. The van der Waals surface area contributed by atoms with Crippen LogP contribution in [0.5, 0.6) is 0 Å². The van der Waals surface area contributed by atoms with Crippen LogP contribution in [0.4, 0.5) is 0 Å². The zero-order valence-corrected chi connectivity index (χ0v) is 10.1. The molecule has 6 heteroatoms. The lowest BCUT2D eigenvalue weighted by Crippen LogP contribution is -2.58. The second kappa shape index (κ2) is 4.99. The van der Waals surface area contributed by atoms with E-state index in [1.807, 2.05) is 25.7 Å². The molecule has 6 nitrogen and oxygen atoms in total. The van der Waals surface area contributed by atoms with E-state index >= 15 is 0 Å². The Kier molecular flexibility index (Phi) is 4.12. The van der Waals surface area contributed by atoms with Crippen LogP contribution in [0.15, 0.2) is 5.16 Å². The fourth-order valence-electron chi connectivity index (χ4n) is 2.00. The zero-order valence-electron chi connectivity index (χ0n) is 10.1. The summed E-state index contributed by atoms with van der Waals surface area (Å²) in [7, 11) is 0. The molecule has 2 unspecified atom stereocenters. The highest BCUT2D eigenvalue weighted by atomic mass is 16.5.